The van der Waals surface area contributed by atoms with Crippen LogP contribution in [0.4, 0.5) is 11.5 Å². The number of nitrogens with zero attached hydrogens (tertiary/aromatic N) is 7. The van der Waals surface area contributed by atoms with Gasteiger partial charge in [-0.05, 0) is 42.0 Å². The number of hydrogen-bond acceptors (Lipinski definition) is 8. The predicted octanol–water partition coefficient (Wildman–Crippen LogP) is 3.45. The van der Waals surface area contributed by atoms with E-state index in [1.807, 2.05) is 6.07 Å². The van der Waals surface area contributed by atoms with Gasteiger partial charge in [-0.1, -0.05) is 11.6 Å². The maximum atomic E-state index is 6.51. The van der Waals surface area contributed by atoms with Gasteiger partial charge in [-0.3, -0.25) is 10.00 Å². The van der Waals surface area contributed by atoms with Gasteiger partial charge in [0.1, 0.15) is 29.1 Å². The maximum Gasteiger partial charge on any atom is 0.161 e. The Kier molecular flexibility index (Phi) is 8.59. The van der Waals surface area contributed by atoms with Gasteiger partial charge in [-0.15, -0.1) is 12.4 Å². The molecular formula is C23H31BrCl2N8O. The zero-order chi connectivity index (χ0) is 23.7. The van der Waals surface area contributed by atoms with Crippen LogP contribution in [0, 0.1) is 6.92 Å². The third kappa shape index (κ3) is 5.77. The van der Waals surface area contributed by atoms with E-state index in [0.29, 0.717) is 11.6 Å². The summed E-state index contributed by atoms with van der Waals surface area (Å²) >= 11 is 10.0. The quantitative estimate of drug-likeness (QED) is 0.471. The van der Waals surface area contributed by atoms with Gasteiger partial charge in [0.25, 0.3) is 0 Å². The van der Waals surface area contributed by atoms with E-state index in [2.05, 4.69) is 75.7 Å². The zero-order valence-electron chi connectivity index (χ0n) is 20.0. The second-order valence-corrected chi connectivity index (χ2v) is 10.1. The van der Waals surface area contributed by atoms with Crippen LogP contribution in [0.1, 0.15) is 5.56 Å². The van der Waals surface area contributed by atoms with Crippen molar-refractivity contribution in [2.45, 2.75) is 6.92 Å². The largest absolute Gasteiger partial charge is 0.492 e. The van der Waals surface area contributed by atoms with Crippen molar-refractivity contribution in [2.75, 3.05) is 82.4 Å². The highest BCUT2D eigenvalue weighted by atomic mass is 79.9. The predicted molar refractivity (Wildman–Crippen MR) is 147 cm³/mol. The van der Waals surface area contributed by atoms with Crippen molar-refractivity contribution in [3.05, 3.63) is 33.6 Å². The number of aromatic nitrogens is 4. The molecule has 0 bridgehead atoms. The molecule has 2 aliphatic heterocycles. The second kappa shape index (κ2) is 11.5. The van der Waals surface area contributed by atoms with Gasteiger partial charge in [-0.2, -0.15) is 5.10 Å². The standard InChI is InChI=1S/C23H30BrClN8O.ClH/c1-16-18(13-17(25)14-19(16)34-12-11-31-5-3-30(2)4-6-31)32-7-9-33(10-8-32)23-20-21(24)28-29-22(20)26-15-27-23;/h13-15H,3-12H2,1-2H3,(H,26,27,28,29);1H. The van der Waals surface area contributed by atoms with E-state index in [1.165, 1.54) is 0 Å². The zero-order valence-corrected chi connectivity index (χ0v) is 23.2. The lowest BCUT2D eigenvalue weighted by molar-refractivity contribution is 0.133. The number of hydrogen-bond donors (Lipinski definition) is 1. The van der Waals surface area contributed by atoms with Gasteiger partial charge >= 0.3 is 0 Å². The maximum absolute atomic E-state index is 6.51. The molecule has 0 saturated carbocycles. The summed E-state index contributed by atoms with van der Waals surface area (Å²) in [5.74, 6) is 1.78. The van der Waals surface area contributed by atoms with Crippen LogP contribution in [0.3, 0.4) is 0 Å². The molecule has 1 N–H and O–H groups in total. The summed E-state index contributed by atoms with van der Waals surface area (Å²) in [4.78, 5) is 18.3. The Hall–Kier alpha value is -1.85. The number of aromatic amines is 1. The van der Waals surface area contributed by atoms with Gasteiger partial charge in [-0.25, -0.2) is 9.97 Å². The summed E-state index contributed by atoms with van der Waals surface area (Å²) in [6, 6.07) is 3.99. The number of H-pyrrole nitrogens is 1. The molecule has 0 spiro atoms. The number of anilines is 2. The number of halogens is 3. The monoisotopic (exact) mass is 584 g/mol. The minimum Gasteiger partial charge on any atom is -0.492 e. The van der Waals surface area contributed by atoms with Gasteiger partial charge < -0.3 is 19.4 Å². The number of benzene rings is 1. The first kappa shape index (κ1) is 26.2. The lowest BCUT2D eigenvalue weighted by Gasteiger charge is -2.37. The lowest BCUT2D eigenvalue weighted by Crippen LogP contribution is -2.47. The van der Waals surface area contributed by atoms with Crippen molar-refractivity contribution in [3.8, 4) is 5.75 Å². The van der Waals surface area contributed by atoms with Crippen LogP contribution in [-0.4, -0.2) is 103 Å². The average molecular weight is 586 g/mol. The third-order valence-corrected chi connectivity index (χ3v) is 7.56. The molecule has 0 unspecified atom stereocenters. The van der Waals surface area contributed by atoms with Crippen LogP contribution in [-0.2, 0) is 0 Å². The summed E-state index contributed by atoms with van der Waals surface area (Å²) in [5, 5.41) is 8.79. The summed E-state index contributed by atoms with van der Waals surface area (Å²) in [6.45, 7) is 11.6. The van der Waals surface area contributed by atoms with E-state index in [-0.39, 0.29) is 12.4 Å². The summed E-state index contributed by atoms with van der Waals surface area (Å²) < 4.78 is 6.95. The first-order valence-electron chi connectivity index (χ1n) is 11.7. The number of ether oxygens (including phenoxy) is 1. The Bertz CT molecular complexity index is 1150. The fraction of sp³-hybridized carbons (Fsp3) is 0.522. The Balaban J connectivity index is 0.00000289. The van der Waals surface area contributed by atoms with Gasteiger partial charge in [0.15, 0.2) is 5.65 Å². The molecule has 9 nitrogen and oxygen atoms in total. The number of rotatable bonds is 6. The Morgan fingerprint density at radius 1 is 1.03 bits per heavy atom. The number of likely N-dealkylation sites (N-methyl/N-ethyl adjacent to an activating group) is 1. The molecule has 2 saturated heterocycles. The summed E-state index contributed by atoms with van der Waals surface area (Å²) in [6.07, 6.45) is 1.58. The van der Waals surface area contributed by atoms with E-state index in [1.54, 1.807) is 6.33 Å². The van der Waals surface area contributed by atoms with Gasteiger partial charge in [0, 0.05) is 75.2 Å². The molecule has 4 heterocycles. The SMILES string of the molecule is Cc1c(OCCN2CCN(C)CC2)cc(Cl)cc1N1CCN(c2ncnc3[nH]nc(Br)c23)CC1.Cl. The van der Waals surface area contributed by atoms with Crippen LogP contribution < -0.4 is 14.5 Å². The van der Waals surface area contributed by atoms with E-state index < -0.39 is 0 Å². The molecule has 0 amide bonds. The molecule has 2 fully saturated rings. The van der Waals surface area contributed by atoms with E-state index in [0.717, 1.165) is 97.4 Å². The van der Waals surface area contributed by atoms with Gasteiger partial charge in [0.2, 0.25) is 0 Å². The molecule has 0 aliphatic carbocycles. The lowest BCUT2D eigenvalue weighted by atomic mass is 10.1. The van der Waals surface area contributed by atoms with E-state index in [4.69, 9.17) is 16.3 Å². The fourth-order valence-electron chi connectivity index (χ4n) is 4.68. The third-order valence-electron chi connectivity index (χ3n) is 6.77. The van der Waals surface area contributed by atoms with E-state index >= 15 is 0 Å². The summed E-state index contributed by atoms with van der Waals surface area (Å²) in [5.41, 5.74) is 3.01. The fourth-order valence-corrected chi connectivity index (χ4v) is 5.34. The minimum atomic E-state index is 0. The normalized spacial score (nSPS) is 17.6. The van der Waals surface area contributed by atoms with Crippen LogP contribution in [0.2, 0.25) is 5.02 Å². The molecule has 2 aliphatic rings. The Morgan fingerprint density at radius 2 is 1.74 bits per heavy atom. The molecule has 5 rings (SSSR count). The number of fused-ring (bicyclic) bond motifs is 1. The van der Waals surface area contributed by atoms with Crippen LogP contribution in [0.5, 0.6) is 5.75 Å². The molecule has 0 atom stereocenters. The van der Waals surface area contributed by atoms with E-state index in [9.17, 15) is 0 Å². The first-order chi connectivity index (χ1) is 16.5. The molecule has 2 aromatic heterocycles. The topological polar surface area (TPSA) is 76.7 Å². The molecular weight excluding hydrogens is 555 g/mol. The molecule has 0 radical (unpaired) electrons. The molecule has 12 heteroatoms. The molecule has 1 aromatic carbocycles. The minimum absolute atomic E-state index is 0. The van der Waals surface area contributed by atoms with Crippen molar-refractivity contribution in [1.82, 2.24) is 30.0 Å². The smallest absolute Gasteiger partial charge is 0.161 e. The average Bonchev–Trinajstić information content (AvgIpc) is 3.23. The van der Waals surface area contributed by atoms with Gasteiger partial charge in [0.05, 0.1) is 5.39 Å². The highest BCUT2D eigenvalue weighted by Crippen LogP contribution is 2.35. The molecule has 190 valence electrons. The van der Waals surface area contributed by atoms with Crippen LogP contribution in [0.25, 0.3) is 11.0 Å². The highest BCUT2D eigenvalue weighted by molar-refractivity contribution is 9.10. The Morgan fingerprint density at radius 3 is 2.49 bits per heavy atom. The Labute approximate surface area is 225 Å². The number of nitrogens with one attached hydrogen (secondary N) is 1. The molecule has 3 aromatic rings. The second-order valence-electron chi connectivity index (χ2n) is 8.95. The van der Waals surface area contributed by atoms with Crippen molar-refractivity contribution < 1.29 is 4.74 Å². The van der Waals surface area contributed by atoms with Crippen LogP contribution in [0.15, 0.2) is 23.1 Å². The van der Waals surface area contributed by atoms with Crippen LogP contribution >= 0.6 is 39.9 Å². The number of piperazine rings is 2. The molecule has 35 heavy (non-hydrogen) atoms. The van der Waals surface area contributed by atoms with Crippen molar-refractivity contribution in [3.63, 3.8) is 0 Å². The van der Waals surface area contributed by atoms with Crippen molar-refractivity contribution in [2.24, 2.45) is 0 Å². The highest BCUT2D eigenvalue weighted by Gasteiger charge is 2.24. The summed E-state index contributed by atoms with van der Waals surface area (Å²) in [7, 11) is 2.18. The first-order valence-corrected chi connectivity index (χ1v) is 12.8. The van der Waals surface area contributed by atoms with Crippen molar-refractivity contribution in [1.29, 1.82) is 0 Å². The van der Waals surface area contributed by atoms with Crippen molar-refractivity contribution >= 4 is 62.5 Å².